The topological polar surface area (TPSA) is 69.2 Å². The van der Waals surface area contributed by atoms with Crippen LogP contribution in [0.4, 0.5) is 0 Å². The minimum Gasteiger partial charge on any atom is -0.390 e. The van der Waals surface area contributed by atoms with Gasteiger partial charge in [0.1, 0.15) is 5.69 Å². The van der Waals surface area contributed by atoms with E-state index in [9.17, 15) is 9.90 Å². The van der Waals surface area contributed by atoms with Gasteiger partial charge in [0.2, 0.25) is 0 Å². The maximum Gasteiger partial charge on any atom is 0.274 e. The van der Waals surface area contributed by atoms with E-state index in [0.717, 1.165) is 12.1 Å². The number of piperidine rings is 1. The summed E-state index contributed by atoms with van der Waals surface area (Å²) in [6.07, 6.45) is 1.34. The Labute approximate surface area is 136 Å². The Morgan fingerprint density at radius 2 is 2.17 bits per heavy atom. The van der Waals surface area contributed by atoms with Crippen molar-refractivity contribution in [3.05, 3.63) is 53.3 Å². The van der Waals surface area contributed by atoms with Crippen LogP contribution in [-0.4, -0.2) is 44.8 Å². The molecule has 2 atom stereocenters. The van der Waals surface area contributed by atoms with Crippen LogP contribution in [0.2, 0.25) is 0 Å². The third-order valence-corrected chi connectivity index (χ3v) is 4.75. The number of amides is 1. The second-order valence-electron chi connectivity index (χ2n) is 6.68. The number of aliphatic hydroxyl groups is 1. The largest absolute Gasteiger partial charge is 0.390 e. The standard InChI is InChI=1S/C18H23N3O2/c1-13-10-16(20-19-13)17(22)21-9-8-18(2,23)15(12-21)11-14-6-4-3-5-7-14/h3-7,10,15,23H,8-9,11-12H2,1-2H3,(H,19,20)/t15-,18+/m0/s1. The van der Waals surface area contributed by atoms with Gasteiger partial charge in [0.25, 0.3) is 5.91 Å². The van der Waals surface area contributed by atoms with E-state index >= 15 is 0 Å². The molecule has 3 rings (SSSR count). The van der Waals surface area contributed by atoms with Gasteiger partial charge in [-0.3, -0.25) is 9.89 Å². The lowest BCUT2D eigenvalue weighted by Crippen LogP contribution is -2.52. The first-order valence-electron chi connectivity index (χ1n) is 8.03. The summed E-state index contributed by atoms with van der Waals surface area (Å²) in [6, 6.07) is 11.9. The molecule has 1 aliphatic heterocycles. The van der Waals surface area contributed by atoms with Gasteiger partial charge in [-0.1, -0.05) is 30.3 Å². The van der Waals surface area contributed by atoms with Gasteiger partial charge in [0.05, 0.1) is 5.60 Å². The van der Waals surface area contributed by atoms with E-state index in [2.05, 4.69) is 22.3 Å². The minimum atomic E-state index is -0.756. The molecule has 0 unspecified atom stereocenters. The average Bonchev–Trinajstić information content (AvgIpc) is 2.96. The number of aromatic nitrogens is 2. The first-order chi connectivity index (χ1) is 11.0. The summed E-state index contributed by atoms with van der Waals surface area (Å²) in [5, 5.41) is 17.6. The number of H-pyrrole nitrogens is 1. The SMILES string of the molecule is Cc1cc(C(=O)N2CC[C@@](C)(O)[C@@H](Cc3ccccc3)C2)n[nH]1. The number of carbonyl (C=O) groups is 1. The van der Waals surface area contributed by atoms with Crippen LogP contribution in [-0.2, 0) is 6.42 Å². The summed E-state index contributed by atoms with van der Waals surface area (Å²) in [6.45, 7) is 4.86. The number of aryl methyl sites for hydroxylation is 1. The maximum absolute atomic E-state index is 12.6. The first-order valence-corrected chi connectivity index (χ1v) is 8.03. The number of nitrogens with zero attached hydrogens (tertiary/aromatic N) is 2. The summed E-state index contributed by atoms with van der Waals surface area (Å²) in [7, 11) is 0. The number of likely N-dealkylation sites (tertiary alicyclic amines) is 1. The molecule has 1 saturated heterocycles. The third kappa shape index (κ3) is 3.45. The molecular formula is C18H23N3O2. The van der Waals surface area contributed by atoms with Crippen molar-refractivity contribution < 1.29 is 9.90 Å². The fourth-order valence-electron chi connectivity index (χ4n) is 3.18. The highest BCUT2D eigenvalue weighted by molar-refractivity contribution is 5.92. The van der Waals surface area contributed by atoms with Gasteiger partial charge in [-0.25, -0.2) is 0 Å². The Bertz CT molecular complexity index is 679. The first kappa shape index (κ1) is 15.7. The smallest absolute Gasteiger partial charge is 0.274 e. The number of rotatable bonds is 3. The Morgan fingerprint density at radius 1 is 1.43 bits per heavy atom. The highest BCUT2D eigenvalue weighted by atomic mass is 16.3. The number of hydrogen-bond donors (Lipinski definition) is 2. The van der Waals surface area contributed by atoms with E-state index in [1.54, 1.807) is 11.0 Å². The number of nitrogens with one attached hydrogen (secondary N) is 1. The molecule has 122 valence electrons. The number of carbonyl (C=O) groups excluding carboxylic acids is 1. The molecule has 5 nitrogen and oxygen atoms in total. The zero-order valence-corrected chi connectivity index (χ0v) is 13.6. The quantitative estimate of drug-likeness (QED) is 0.912. The molecule has 0 aliphatic carbocycles. The Balaban J connectivity index is 1.74. The molecule has 1 amide bonds. The van der Waals surface area contributed by atoms with Crippen molar-refractivity contribution in [2.45, 2.75) is 32.3 Å². The Kier molecular flexibility index (Phi) is 4.22. The fraction of sp³-hybridized carbons (Fsp3) is 0.444. The van der Waals surface area contributed by atoms with E-state index in [1.807, 2.05) is 32.0 Å². The van der Waals surface area contributed by atoms with Gasteiger partial charge in [-0.05, 0) is 38.3 Å². The van der Waals surface area contributed by atoms with Gasteiger partial charge in [0.15, 0.2) is 0 Å². The summed E-state index contributed by atoms with van der Waals surface area (Å²) >= 11 is 0. The molecule has 2 N–H and O–H groups in total. The molecule has 0 radical (unpaired) electrons. The molecule has 1 aromatic carbocycles. The molecule has 1 fully saturated rings. The minimum absolute atomic E-state index is 0.0163. The lowest BCUT2D eigenvalue weighted by molar-refractivity contribution is -0.0508. The van der Waals surface area contributed by atoms with Crippen LogP contribution >= 0.6 is 0 Å². The number of benzene rings is 1. The zero-order chi connectivity index (χ0) is 16.4. The van der Waals surface area contributed by atoms with Crippen LogP contribution in [0.1, 0.15) is 35.1 Å². The van der Waals surface area contributed by atoms with Gasteiger partial charge >= 0.3 is 0 Å². The molecular weight excluding hydrogens is 290 g/mol. The predicted octanol–water partition coefficient (Wildman–Crippen LogP) is 2.17. The average molecular weight is 313 g/mol. The predicted molar refractivity (Wildman–Crippen MR) is 88.1 cm³/mol. The lowest BCUT2D eigenvalue weighted by Gasteiger charge is -2.42. The van der Waals surface area contributed by atoms with Crippen molar-refractivity contribution in [1.29, 1.82) is 0 Å². The van der Waals surface area contributed by atoms with Crippen LogP contribution in [0.5, 0.6) is 0 Å². The van der Waals surface area contributed by atoms with Crippen LogP contribution in [0, 0.1) is 12.8 Å². The van der Waals surface area contributed by atoms with Crippen molar-refractivity contribution >= 4 is 5.91 Å². The van der Waals surface area contributed by atoms with E-state index in [1.165, 1.54) is 5.56 Å². The van der Waals surface area contributed by atoms with Gasteiger partial charge < -0.3 is 10.0 Å². The number of hydrogen-bond acceptors (Lipinski definition) is 3. The Hall–Kier alpha value is -2.14. The molecule has 0 spiro atoms. The van der Waals surface area contributed by atoms with E-state index in [-0.39, 0.29) is 11.8 Å². The van der Waals surface area contributed by atoms with Crippen molar-refractivity contribution in [2.75, 3.05) is 13.1 Å². The van der Waals surface area contributed by atoms with Gasteiger partial charge in [-0.2, -0.15) is 5.10 Å². The second kappa shape index (κ2) is 6.16. The molecule has 2 heterocycles. The lowest BCUT2D eigenvalue weighted by atomic mass is 9.79. The third-order valence-electron chi connectivity index (χ3n) is 4.75. The highest BCUT2D eigenvalue weighted by Gasteiger charge is 2.39. The molecule has 5 heteroatoms. The second-order valence-corrected chi connectivity index (χ2v) is 6.68. The van der Waals surface area contributed by atoms with Gasteiger partial charge in [0, 0.05) is 24.7 Å². The maximum atomic E-state index is 12.6. The normalized spacial score (nSPS) is 24.7. The van der Waals surface area contributed by atoms with Crippen LogP contribution in [0.3, 0.4) is 0 Å². The fourth-order valence-corrected chi connectivity index (χ4v) is 3.18. The summed E-state index contributed by atoms with van der Waals surface area (Å²) in [4.78, 5) is 14.4. The van der Waals surface area contributed by atoms with E-state index in [4.69, 9.17) is 0 Å². The van der Waals surface area contributed by atoms with Crippen molar-refractivity contribution in [3.63, 3.8) is 0 Å². The molecule has 1 aliphatic rings. The molecule has 0 bridgehead atoms. The zero-order valence-electron chi connectivity index (χ0n) is 13.6. The molecule has 23 heavy (non-hydrogen) atoms. The van der Waals surface area contributed by atoms with E-state index in [0.29, 0.717) is 25.2 Å². The summed E-state index contributed by atoms with van der Waals surface area (Å²) in [5.74, 6) is -0.0504. The van der Waals surface area contributed by atoms with Crippen molar-refractivity contribution in [1.82, 2.24) is 15.1 Å². The molecule has 0 saturated carbocycles. The number of aromatic amines is 1. The van der Waals surface area contributed by atoms with Crippen LogP contribution in [0.25, 0.3) is 0 Å². The van der Waals surface area contributed by atoms with Crippen LogP contribution in [0.15, 0.2) is 36.4 Å². The van der Waals surface area contributed by atoms with Gasteiger partial charge in [-0.15, -0.1) is 0 Å². The van der Waals surface area contributed by atoms with Crippen molar-refractivity contribution in [3.8, 4) is 0 Å². The van der Waals surface area contributed by atoms with Crippen LogP contribution < -0.4 is 0 Å². The summed E-state index contributed by atoms with van der Waals surface area (Å²) in [5.41, 5.74) is 1.75. The van der Waals surface area contributed by atoms with E-state index < -0.39 is 5.60 Å². The highest BCUT2D eigenvalue weighted by Crippen LogP contribution is 2.31. The summed E-state index contributed by atoms with van der Waals surface area (Å²) < 4.78 is 0. The van der Waals surface area contributed by atoms with Crippen molar-refractivity contribution in [2.24, 2.45) is 5.92 Å². The molecule has 2 aromatic rings. The molecule has 1 aromatic heterocycles. The Morgan fingerprint density at radius 3 is 2.83 bits per heavy atom. The monoisotopic (exact) mass is 313 g/mol.